The summed E-state index contributed by atoms with van der Waals surface area (Å²) in [7, 11) is 0. The lowest BCUT2D eigenvalue weighted by atomic mass is 9.89. The van der Waals surface area contributed by atoms with Gasteiger partial charge in [-0.05, 0) is 49.2 Å². The zero-order valence-electron chi connectivity index (χ0n) is 26.9. The Bertz CT molecular complexity index is 2100. The molecule has 0 bridgehead atoms. The standard InChI is InChI=1S/C34H36FN9O4/c1-34(2,3)33(47)41-12-9-20(10-13-41)25-17-23(29-30(36)38-19-39-43(25)29)22-8-7-21(16-24(22)35)40-31(45)28-26-18-48-15-14-42(26)44(32(28)46)27-6-4-5-11-37-27/h4-8,11,16-17,19-20H,9-10,12-15,18H2,1-3H3,(H,40,45)(H2,36,38,39). The predicted molar refractivity (Wildman–Crippen MR) is 176 cm³/mol. The van der Waals surface area contributed by atoms with E-state index in [1.54, 1.807) is 45.7 Å². The van der Waals surface area contributed by atoms with Crippen molar-refractivity contribution in [3.8, 4) is 16.9 Å². The van der Waals surface area contributed by atoms with Gasteiger partial charge in [0, 0.05) is 53.1 Å². The molecule has 1 aromatic carbocycles. The molecule has 0 aliphatic carbocycles. The number of pyridine rings is 1. The third-order valence-corrected chi connectivity index (χ3v) is 9.00. The summed E-state index contributed by atoms with van der Waals surface area (Å²) in [5.74, 6) is -0.513. The maximum absolute atomic E-state index is 15.9. The molecule has 1 saturated heterocycles. The Morgan fingerprint density at radius 1 is 1.04 bits per heavy atom. The molecule has 0 atom stereocenters. The molecule has 6 heterocycles. The van der Waals surface area contributed by atoms with E-state index in [1.165, 1.54) is 17.1 Å². The largest absolute Gasteiger partial charge is 0.382 e. The molecule has 248 valence electrons. The first-order valence-corrected chi connectivity index (χ1v) is 15.9. The number of ether oxygens (including phenoxy) is 1. The van der Waals surface area contributed by atoms with E-state index in [0.717, 1.165) is 18.5 Å². The number of piperidine rings is 1. The predicted octanol–water partition coefficient (Wildman–Crippen LogP) is 4.00. The van der Waals surface area contributed by atoms with Crippen LogP contribution in [0.15, 0.2) is 59.8 Å². The van der Waals surface area contributed by atoms with E-state index in [0.29, 0.717) is 48.8 Å². The van der Waals surface area contributed by atoms with Crippen LogP contribution in [0.1, 0.15) is 61.3 Å². The highest BCUT2D eigenvalue weighted by molar-refractivity contribution is 6.05. The minimum absolute atomic E-state index is 0.0682. The van der Waals surface area contributed by atoms with Crippen molar-refractivity contribution < 1.29 is 18.7 Å². The number of carbonyl (C=O) groups excluding carboxylic acids is 2. The summed E-state index contributed by atoms with van der Waals surface area (Å²) in [5, 5.41) is 7.16. The van der Waals surface area contributed by atoms with E-state index in [4.69, 9.17) is 10.5 Å². The van der Waals surface area contributed by atoms with Gasteiger partial charge in [-0.2, -0.15) is 9.78 Å². The van der Waals surface area contributed by atoms with Crippen molar-refractivity contribution in [3.63, 3.8) is 0 Å². The van der Waals surface area contributed by atoms with Gasteiger partial charge in [0.15, 0.2) is 11.6 Å². The van der Waals surface area contributed by atoms with Crippen LogP contribution in [0.4, 0.5) is 15.9 Å². The van der Waals surface area contributed by atoms with Crippen LogP contribution in [0.5, 0.6) is 0 Å². The first kappa shape index (κ1) is 31.2. The fraction of sp³-hybridized carbons (Fsp3) is 0.353. The quantitative estimate of drug-likeness (QED) is 0.289. The Balaban J connectivity index is 1.18. The van der Waals surface area contributed by atoms with Crippen LogP contribution in [-0.2, 0) is 22.7 Å². The Hall–Kier alpha value is -5.37. The van der Waals surface area contributed by atoms with Gasteiger partial charge in [0.05, 0.1) is 25.5 Å². The van der Waals surface area contributed by atoms with Crippen molar-refractivity contribution in [2.24, 2.45) is 5.41 Å². The highest BCUT2D eigenvalue weighted by atomic mass is 19.1. The minimum atomic E-state index is -0.679. The van der Waals surface area contributed by atoms with Crippen molar-refractivity contribution in [3.05, 3.63) is 88.1 Å². The maximum atomic E-state index is 15.9. The van der Waals surface area contributed by atoms with Crippen molar-refractivity contribution in [2.75, 3.05) is 30.7 Å². The molecule has 7 rings (SSSR count). The number of aromatic nitrogens is 6. The van der Waals surface area contributed by atoms with E-state index in [1.807, 2.05) is 31.7 Å². The van der Waals surface area contributed by atoms with Gasteiger partial charge in [-0.3, -0.25) is 19.1 Å². The first-order chi connectivity index (χ1) is 23.0. The van der Waals surface area contributed by atoms with E-state index in [-0.39, 0.29) is 41.1 Å². The first-order valence-electron chi connectivity index (χ1n) is 15.9. The molecule has 48 heavy (non-hydrogen) atoms. The van der Waals surface area contributed by atoms with Crippen LogP contribution < -0.4 is 16.6 Å². The second kappa shape index (κ2) is 12.0. The van der Waals surface area contributed by atoms with Crippen LogP contribution in [0.3, 0.4) is 0 Å². The number of nitrogens with two attached hydrogens (primary N) is 1. The topological polar surface area (TPSA) is 155 Å². The van der Waals surface area contributed by atoms with Crippen molar-refractivity contribution in [1.82, 2.24) is 33.8 Å². The average Bonchev–Trinajstić information content (AvgIpc) is 3.60. The summed E-state index contributed by atoms with van der Waals surface area (Å²) in [6, 6.07) is 11.4. The molecule has 1 fully saturated rings. The van der Waals surface area contributed by atoms with Crippen LogP contribution >= 0.6 is 0 Å². The van der Waals surface area contributed by atoms with E-state index in [2.05, 4.69) is 20.4 Å². The number of carbonyl (C=O) groups is 2. The van der Waals surface area contributed by atoms with Crippen molar-refractivity contribution >= 4 is 28.8 Å². The molecule has 0 radical (unpaired) electrons. The summed E-state index contributed by atoms with van der Waals surface area (Å²) in [6.45, 7) is 7.79. The van der Waals surface area contributed by atoms with Gasteiger partial charge in [0.1, 0.15) is 23.2 Å². The lowest BCUT2D eigenvalue weighted by molar-refractivity contribution is -0.140. The number of rotatable bonds is 5. The van der Waals surface area contributed by atoms with Gasteiger partial charge in [0.2, 0.25) is 5.91 Å². The summed E-state index contributed by atoms with van der Waals surface area (Å²) in [5.41, 5.74) is 7.93. The van der Waals surface area contributed by atoms with E-state index in [9.17, 15) is 14.4 Å². The van der Waals surface area contributed by atoms with Gasteiger partial charge >= 0.3 is 0 Å². The number of amides is 2. The van der Waals surface area contributed by atoms with Gasteiger partial charge in [-0.15, -0.1) is 0 Å². The van der Waals surface area contributed by atoms with Gasteiger partial charge in [0.25, 0.3) is 11.5 Å². The second-order valence-electron chi connectivity index (χ2n) is 13.2. The van der Waals surface area contributed by atoms with Gasteiger partial charge < -0.3 is 20.7 Å². The fourth-order valence-corrected chi connectivity index (χ4v) is 6.67. The van der Waals surface area contributed by atoms with Gasteiger partial charge in [-0.1, -0.05) is 26.8 Å². The number of hydrogen-bond acceptors (Lipinski definition) is 8. The second-order valence-corrected chi connectivity index (χ2v) is 13.2. The smallest absolute Gasteiger partial charge is 0.286 e. The minimum Gasteiger partial charge on any atom is -0.382 e. The number of nitrogens with zero attached hydrogens (tertiary/aromatic N) is 7. The number of halogens is 1. The Kier molecular flexibility index (Phi) is 7.82. The zero-order chi connectivity index (χ0) is 33.7. The Morgan fingerprint density at radius 3 is 2.54 bits per heavy atom. The summed E-state index contributed by atoms with van der Waals surface area (Å²) in [6.07, 6.45) is 4.39. The number of nitrogens with one attached hydrogen (secondary N) is 1. The highest BCUT2D eigenvalue weighted by Gasteiger charge is 2.33. The molecule has 3 N–H and O–H groups in total. The Morgan fingerprint density at radius 2 is 1.83 bits per heavy atom. The normalized spacial score (nSPS) is 15.5. The molecular weight excluding hydrogens is 617 g/mol. The van der Waals surface area contributed by atoms with Crippen LogP contribution in [0, 0.1) is 11.2 Å². The fourth-order valence-electron chi connectivity index (χ4n) is 6.67. The SMILES string of the molecule is CC(C)(C)C(=O)N1CCC(c2cc(-c3ccc(NC(=O)c4c5n(n(-c6ccccn6)c4=O)CCOC5)cc3F)c3c(N)ncnn23)CC1. The lowest BCUT2D eigenvalue weighted by Crippen LogP contribution is -2.43. The van der Waals surface area contributed by atoms with Crippen molar-refractivity contribution in [2.45, 2.75) is 52.7 Å². The van der Waals surface area contributed by atoms with E-state index >= 15 is 4.39 Å². The molecule has 0 saturated carbocycles. The number of likely N-dealkylation sites (tertiary alicyclic amines) is 1. The third kappa shape index (κ3) is 5.41. The zero-order valence-corrected chi connectivity index (χ0v) is 26.9. The number of nitrogen functional groups attached to an aromatic ring is 1. The summed E-state index contributed by atoms with van der Waals surface area (Å²) in [4.78, 5) is 50.3. The monoisotopic (exact) mass is 653 g/mol. The molecule has 13 nitrogen and oxygen atoms in total. The molecule has 2 aliphatic heterocycles. The molecular formula is C34H36FN9O4. The number of fused-ring (bicyclic) bond motifs is 2. The van der Waals surface area contributed by atoms with Crippen LogP contribution in [-0.4, -0.2) is 65.4 Å². The Labute approximate surface area is 275 Å². The van der Waals surface area contributed by atoms with Crippen molar-refractivity contribution in [1.29, 1.82) is 0 Å². The van der Waals surface area contributed by atoms with Crippen LogP contribution in [0.25, 0.3) is 22.5 Å². The van der Waals surface area contributed by atoms with Gasteiger partial charge in [-0.25, -0.2) is 18.9 Å². The highest BCUT2D eigenvalue weighted by Crippen LogP contribution is 2.38. The summed E-state index contributed by atoms with van der Waals surface area (Å²) >= 11 is 0. The lowest BCUT2D eigenvalue weighted by Gasteiger charge is -2.35. The maximum Gasteiger partial charge on any atom is 0.286 e. The summed E-state index contributed by atoms with van der Waals surface area (Å²) < 4.78 is 26.3. The number of benzene rings is 1. The average molecular weight is 654 g/mol. The third-order valence-electron chi connectivity index (χ3n) is 9.00. The number of hydrogen-bond donors (Lipinski definition) is 2. The molecule has 2 amide bonds. The molecule has 2 aliphatic rings. The molecule has 4 aromatic heterocycles. The molecule has 0 spiro atoms. The van der Waals surface area contributed by atoms with Crippen LogP contribution in [0.2, 0.25) is 0 Å². The number of anilines is 2. The molecule has 14 heteroatoms. The molecule has 0 unspecified atom stereocenters. The molecule has 5 aromatic rings. The van der Waals surface area contributed by atoms with E-state index < -0.39 is 22.7 Å².